The van der Waals surface area contributed by atoms with Crippen LogP contribution in [0.4, 0.5) is 0 Å². The Labute approximate surface area is 118 Å². The molecule has 0 spiro atoms. The number of hydrogen-bond acceptors (Lipinski definition) is 3. The molecule has 2 aromatic rings. The van der Waals surface area contributed by atoms with Crippen LogP contribution in [-0.2, 0) is 19.4 Å². The van der Waals surface area contributed by atoms with E-state index in [1.54, 1.807) is 11.3 Å². The van der Waals surface area contributed by atoms with Crippen LogP contribution in [0.25, 0.3) is 0 Å². The molecule has 0 saturated heterocycles. The minimum Gasteiger partial charge on any atom is -0.329 e. The summed E-state index contributed by atoms with van der Waals surface area (Å²) in [7, 11) is 0. The highest BCUT2D eigenvalue weighted by atomic mass is 32.1. The van der Waals surface area contributed by atoms with E-state index in [2.05, 4.69) is 47.1 Å². The predicted octanol–water partition coefficient (Wildman–Crippen LogP) is 2.72. The van der Waals surface area contributed by atoms with Gasteiger partial charge in [-0.1, -0.05) is 30.3 Å². The van der Waals surface area contributed by atoms with Crippen molar-refractivity contribution in [1.82, 2.24) is 5.32 Å². The molecule has 1 unspecified atom stereocenters. The second-order valence-electron chi connectivity index (χ2n) is 5.36. The molecule has 1 aromatic heterocycles. The lowest BCUT2D eigenvalue weighted by Crippen LogP contribution is -2.54. The number of benzene rings is 1. The van der Waals surface area contributed by atoms with Crippen LogP contribution < -0.4 is 11.1 Å². The number of nitrogens with one attached hydrogen (secondary N) is 1. The fourth-order valence-electron chi connectivity index (χ4n) is 2.89. The lowest BCUT2D eigenvalue weighted by molar-refractivity contribution is 0.292. The van der Waals surface area contributed by atoms with Crippen LogP contribution in [0.15, 0.2) is 41.8 Å². The Balaban J connectivity index is 1.74. The summed E-state index contributed by atoms with van der Waals surface area (Å²) in [4.78, 5) is 1.38. The van der Waals surface area contributed by atoms with Crippen LogP contribution in [-0.4, -0.2) is 12.1 Å². The van der Waals surface area contributed by atoms with E-state index < -0.39 is 0 Å². The molecule has 1 atom stereocenters. The summed E-state index contributed by atoms with van der Waals surface area (Å²) in [5, 5.41) is 5.84. The maximum Gasteiger partial charge on any atom is 0.0351 e. The van der Waals surface area contributed by atoms with Gasteiger partial charge in [-0.25, -0.2) is 0 Å². The van der Waals surface area contributed by atoms with Crippen molar-refractivity contribution in [2.75, 3.05) is 6.54 Å². The first kappa shape index (κ1) is 12.9. The van der Waals surface area contributed by atoms with Crippen molar-refractivity contribution in [3.63, 3.8) is 0 Å². The van der Waals surface area contributed by atoms with Gasteiger partial charge in [-0.15, -0.1) is 11.3 Å². The molecule has 3 rings (SSSR count). The molecule has 3 N–H and O–H groups in total. The van der Waals surface area contributed by atoms with Gasteiger partial charge in [0.25, 0.3) is 0 Å². The molecule has 1 aliphatic carbocycles. The van der Waals surface area contributed by atoms with Crippen molar-refractivity contribution in [2.45, 2.75) is 31.3 Å². The monoisotopic (exact) mass is 272 g/mol. The van der Waals surface area contributed by atoms with Gasteiger partial charge in [0.1, 0.15) is 0 Å². The van der Waals surface area contributed by atoms with Crippen molar-refractivity contribution >= 4 is 11.3 Å². The van der Waals surface area contributed by atoms with Gasteiger partial charge in [-0.2, -0.15) is 0 Å². The Hall–Kier alpha value is -1.16. The lowest BCUT2D eigenvalue weighted by Gasteiger charge is -2.38. The summed E-state index contributed by atoms with van der Waals surface area (Å²) >= 11 is 1.80. The van der Waals surface area contributed by atoms with Crippen LogP contribution >= 0.6 is 11.3 Å². The van der Waals surface area contributed by atoms with Crippen LogP contribution in [0.3, 0.4) is 0 Å². The number of rotatable bonds is 4. The third-order valence-corrected chi connectivity index (χ3v) is 5.00. The zero-order valence-corrected chi connectivity index (χ0v) is 11.9. The van der Waals surface area contributed by atoms with Crippen molar-refractivity contribution in [1.29, 1.82) is 0 Å². The maximum atomic E-state index is 6.08. The molecule has 2 nitrogen and oxygen atoms in total. The Kier molecular flexibility index (Phi) is 3.69. The molecule has 1 aromatic carbocycles. The fourth-order valence-corrected chi connectivity index (χ4v) is 3.53. The smallest absolute Gasteiger partial charge is 0.0351 e. The van der Waals surface area contributed by atoms with Gasteiger partial charge in [0, 0.05) is 23.5 Å². The zero-order valence-electron chi connectivity index (χ0n) is 11.1. The van der Waals surface area contributed by atoms with E-state index in [-0.39, 0.29) is 5.54 Å². The maximum absolute atomic E-state index is 6.08. The van der Waals surface area contributed by atoms with Crippen LogP contribution in [0, 0.1) is 0 Å². The first-order chi connectivity index (χ1) is 9.31. The molecule has 1 heterocycles. The number of nitrogens with two attached hydrogens (primary N) is 1. The van der Waals surface area contributed by atoms with Gasteiger partial charge in [-0.05, 0) is 41.8 Å². The average Bonchev–Trinajstić information content (AvgIpc) is 2.98. The third-order valence-electron chi connectivity index (χ3n) is 4.13. The molecule has 19 heavy (non-hydrogen) atoms. The largest absolute Gasteiger partial charge is 0.329 e. The van der Waals surface area contributed by atoms with Gasteiger partial charge in [0.2, 0.25) is 0 Å². The van der Waals surface area contributed by atoms with E-state index in [1.807, 2.05) is 0 Å². The van der Waals surface area contributed by atoms with E-state index >= 15 is 0 Å². The Bertz CT molecular complexity index is 535. The molecule has 0 saturated carbocycles. The molecule has 0 bridgehead atoms. The fraction of sp³-hybridized carbons (Fsp3) is 0.375. The van der Waals surface area contributed by atoms with Crippen molar-refractivity contribution < 1.29 is 0 Å². The highest BCUT2D eigenvalue weighted by Gasteiger charge is 2.32. The molecule has 0 amide bonds. The minimum atomic E-state index is 0.0678. The highest BCUT2D eigenvalue weighted by Crippen LogP contribution is 2.28. The standard InChI is InChI=1S/C16H20N2S/c17-12-16(18-11-15-6-3-9-19-15)8-7-13-4-1-2-5-14(13)10-16/h1-6,9,18H,7-8,10-12,17H2. The second-order valence-corrected chi connectivity index (χ2v) is 6.40. The van der Waals surface area contributed by atoms with Gasteiger partial charge in [-0.3, -0.25) is 0 Å². The molecule has 100 valence electrons. The Morgan fingerprint density at radius 3 is 2.74 bits per heavy atom. The molecular formula is C16H20N2S. The second kappa shape index (κ2) is 5.45. The minimum absolute atomic E-state index is 0.0678. The zero-order chi connectivity index (χ0) is 13.1. The van der Waals surface area contributed by atoms with E-state index in [0.29, 0.717) is 6.54 Å². The molecule has 1 aliphatic rings. The molecular weight excluding hydrogens is 252 g/mol. The summed E-state index contributed by atoms with van der Waals surface area (Å²) < 4.78 is 0. The van der Waals surface area contributed by atoms with Crippen LogP contribution in [0.2, 0.25) is 0 Å². The van der Waals surface area contributed by atoms with Crippen LogP contribution in [0.1, 0.15) is 22.4 Å². The summed E-state index contributed by atoms with van der Waals surface area (Å²) in [6.07, 6.45) is 3.31. The summed E-state index contributed by atoms with van der Waals surface area (Å²) in [6.45, 7) is 1.63. The molecule has 0 aliphatic heterocycles. The lowest BCUT2D eigenvalue weighted by atomic mass is 9.78. The number of hydrogen-bond donors (Lipinski definition) is 2. The van der Waals surface area contributed by atoms with Crippen LogP contribution in [0.5, 0.6) is 0 Å². The van der Waals surface area contributed by atoms with E-state index in [0.717, 1.165) is 25.8 Å². The summed E-state index contributed by atoms with van der Waals surface area (Å²) in [5.74, 6) is 0. The van der Waals surface area contributed by atoms with Gasteiger partial charge in [0.05, 0.1) is 0 Å². The van der Waals surface area contributed by atoms with Gasteiger partial charge < -0.3 is 11.1 Å². The normalized spacial score (nSPS) is 22.2. The highest BCUT2D eigenvalue weighted by molar-refractivity contribution is 7.09. The van der Waals surface area contributed by atoms with Gasteiger partial charge >= 0.3 is 0 Å². The summed E-state index contributed by atoms with van der Waals surface area (Å²) in [5.41, 5.74) is 9.09. The Morgan fingerprint density at radius 2 is 2.00 bits per heavy atom. The molecule has 0 radical (unpaired) electrons. The van der Waals surface area contributed by atoms with E-state index in [1.165, 1.54) is 16.0 Å². The number of fused-ring (bicyclic) bond motifs is 1. The summed E-state index contributed by atoms with van der Waals surface area (Å²) in [6, 6.07) is 13.0. The molecule has 3 heteroatoms. The average molecular weight is 272 g/mol. The predicted molar refractivity (Wildman–Crippen MR) is 81.4 cm³/mol. The van der Waals surface area contributed by atoms with Crippen molar-refractivity contribution in [3.05, 3.63) is 57.8 Å². The topological polar surface area (TPSA) is 38.0 Å². The van der Waals surface area contributed by atoms with Gasteiger partial charge in [0.15, 0.2) is 0 Å². The van der Waals surface area contributed by atoms with Crippen molar-refractivity contribution in [2.24, 2.45) is 5.73 Å². The van der Waals surface area contributed by atoms with Crippen molar-refractivity contribution in [3.8, 4) is 0 Å². The number of aryl methyl sites for hydroxylation is 1. The first-order valence-electron chi connectivity index (χ1n) is 6.86. The van der Waals surface area contributed by atoms with E-state index in [9.17, 15) is 0 Å². The SMILES string of the molecule is NCC1(NCc2cccs2)CCc2ccccc2C1. The quantitative estimate of drug-likeness (QED) is 0.898. The van der Waals surface area contributed by atoms with E-state index in [4.69, 9.17) is 5.73 Å². The first-order valence-corrected chi connectivity index (χ1v) is 7.74. The Morgan fingerprint density at radius 1 is 1.16 bits per heavy atom. The number of thiophene rings is 1. The third kappa shape index (κ3) is 2.73. The molecule has 0 fully saturated rings.